The van der Waals surface area contributed by atoms with E-state index in [-0.39, 0.29) is 5.56 Å². The van der Waals surface area contributed by atoms with Crippen molar-refractivity contribution in [2.45, 2.75) is 13.0 Å². The summed E-state index contributed by atoms with van der Waals surface area (Å²) in [7, 11) is 0. The molecule has 1 N–H and O–H groups in total. The summed E-state index contributed by atoms with van der Waals surface area (Å²) < 4.78 is 2.62. The number of nitrogens with one attached hydrogen (secondary N) is 1. The Bertz CT molecular complexity index is 920. The Morgan fingerprint density at radius 1 is 1.21 bits per heavy atom. The Morgan fingerprint density at radius 3 is 2.71 bits per heavy atom. The van der Waals surface area contributed by atoms with E-state index >= 15 is 0 Å². The molecule has 2 aromatic heterocycles. The summed E-state index contributed by atoms with van der Waals surface area (Å²) in [5.41, 5.74) is 0.0972. The topological polar surface area (TPSA) is 81.8 Å². The van der Waals surface area contributed by atoms with Crippen molar-refractivity contribution in [2.75, 3.05) is 5.32 Å². The Kier molecular flexibility index (Phi) is 4.43. The lowest BCUT2D eigenvalue weighted by atomic mass is 10.2. The van der Waals surface area contributed by atoms with Crippen LogP contribution in [-0.4, -0.2) is 25.5 Å². The molecule has 0 aliphatic rings. The maximum atomic E-state index is 12.4. The van der Waals surface area contributed by atoms with Gasteiger partial charge in [0.1, 0.15) is 6.04 Å². The number of hydrogen-bond donors (Lipinski definition) is 1. The van der Waals surface area contributed by atoms with Gasteiger partial charge in [-0.2, -0.15) is 5.10 Å². The fourth-order valence-corrected chi connectivity index (χ4v) is 2.31. The molecule has 7 nitrogen and oxygen atoms in total. The molecule has 0 aliphatic heterocycles. The van der Waals surface area contributed by atoms with Crippen LogP contribution in [0.15, 0.2) is 59.7 Å². The number of carbonyl (C=O) groups is 1. The molecule has 1 amide bonds. The number of aromatic nitrogens is 4. The van der Waals surface area contributed by atoms with Gasteiger partial charge >= 0.3 is 0 Å². The van der Waals surface area contributed by atoms with Gasteiger partial charge in [-0.05, 0) is 31.2 Å². The zero-order chi connectivity index (χ0) is 17.1. The minimum Gasteiger partial charge on any atom is -0.323 e. The molecule has 1 unspecified atom stereocenters. The molecular formula is C16H14ClN5O2. The van der Waals surface area contributed by atoms with Crippen molar-refractivity contribution in [3.63, 3.8) is 0 Å². The van der Waals surface area contributed by atoms with E-state index in [1.165, 1.54) is 10.7 Å². The van der Waals surface area contributed by atoms with Crippen molar-refractivity contribution in [3.05, 3.63) is 70.2 Å². The number of anilines is 1. The lowest BCUT2D eigenvalue weighted by molar-refractivity contribution is -0.119. The molecule has 0 radical (unpaired) electrons. The van der Waals surface area contributed by atoms with E-state index < -0.39 is 11.9 Å². The molecule has 0 bridgehead atoms. The average Bonchev–Trinajstić information content (AvgIpc) is 3.11. The van der Waals surface area contributed by atoms with Crippen molar-refractivity contribution >= 4 is 23.2 Å². The van der Waals surface area contributed by atoms with E-state index in [1.54, 1.807) is 55.7 Å². The molecule has 2 heterocycles. The van der Waals surface area contributed by atoms with Crippen LogP contribution in [0.5, 0.6) is 0 Å². The molecule has 3 rings (SSSR count). The molecule has 3 aromatic rings. The fraction of sp³-hybridized carbons (Fsp3) is 0.125. The first-order valence-electron chi connectivity index (χ1n) is 7.21. The highest BCUT2D eigenvalue weighted by atomic mass is 35.5. The largest absolute Gasteiger partial charge is 0.323 e. The molecular weight excluding hydrogens is 330 g/mol. The number of para-hydroxylation sites is 1. The number of halogens is 1. The molecule has 24 heavy (non-hydrogen) atoms. The third-order valence-corrected chi connectivity index (χ3v) is 3.76. The van der Waals surface area contributed by atoms with Crippen LogP contribution in [0.25, 0.3) is 5.82 Å². The number of carbonyl (C=O) groups excluding carboxylic acids is 1. The van der Waals surface area contributed by atoms with E-state index in [0.29, 0.717) is 16.5 Å². The summed E-state index contributed by atoms with van der Waals surface area (Å²) in [6, 6.07) is 10.7. The van der Waals surface area contributed by atoms with Crippen molar-refractivity contribution in [2.24, 2.45) is 0 Å². The van der Waals surface area contributed by atoms with E-state index in [1.807, 2.05) is 0 Å². The summed E-state index contributed by atoms with van der Waals surface area (Å²) in [4.78, 5) is 24.5. The number of rotatable bonds is 4. The Hall–Kier alpha value is -2.93. The molecule has 0 saturated heterocycles. The molecule has 0 aliphatic carbocycles. The quantitative estimate of drug-likeness (QED) is 0.788. The third kappa shape index (κ3) is 3.21. The van der Waals surface area contributed by atoms with Gasteiger partial charge in [0, 0.05) is 18.5 Å². The van der Waals surface area contributed by atoms with Crippen molar-refractivity contribution < 1.29 is 4.79 Å². The highest BCUT2D eigenvalue weighted by Crippen LogP contribution is 2.21. The van der Waals surface area contributed by atoms with E-state index in [4.69, 9.17) is 11.6 Å². The Morgan fingerprint density at radius 2 is 2.00 bits per heavy atom. The predicted octanol–water partition coefficient (Wildman–Crippen LogP) is 2.28. The van der Waals surface area contributed by atoms with Gasteiger partial charge in [-0.25, -0.2) is 9.36 Å². The van der Waals surface area contributed by atoms with Crippen LogP contribution in [0.4, 0.5) is 5.69 Å². The Balaban J connectivity index is 1.88. The second-order valence-corrected chi connectivity index (χ2v) is 5.48. The zero-order valence-electron chi connectivity index (χ0n) is 12.8. The van der Waals surface area contributed by atoms with Gasteiger partial charge < -0.3 is 5.32 Å². The number of benzene rings is 1. The van der Waals surface area contributed by atoms with Crippen LogP contribution in [0.1, 0.15) is 13.0 Å². The predicted molar refractivity (Wildman–Crippen MR) is 90.4 cm³/mol. The summed E-state index contributed by atoms with van der Waals surface area (Å²) in [5.74, 6) is 0.0484. The van der Waals surface area contributed by atoms with Crippen LogP contribution < -0.4 is 10.9 Å². The van der Waals surface area contributed by atoms with Gasteiger partial charge in [0.2, 0.25) is 5.91 Å². The van der Waals surface area contributed by atoms with Gasteiger partial charge in [0.05, 0.1) is 10.7 Å². The highest BCUT2D eigenvalue weighted by Gasteiger charge is 2.19. The first-order valence-corrected chi connectivity index (χ1v) is 7.59. The molecule has 0 spiro atoms. The van der Waals surface area contributed by atoms with Crippen molar-refractivity contribution in [1.29, 1.82) is 0 Å². The van der Waals surface area contributed by atoms with Crippen molar-refractivity contribution in [1.82, 2.24) is 19.6 Å². The SMILES string of the molecule is CC(C(=O)Nc1ccccc1Cl)n1nc(-n2cccn2)ccc1=O. The highest BCUT2D eigenvalue weighted by molar-refractivity contribution is 6.33. The lowest BCUT2D eigenvalue weighted by Gasteiger charge is -2.15. The van der Waals surface area contributed by atoms with Crippen LogP contribution in [0, 0.1) is 0 Å². The Labute approximate surface area is 142 Å². The first-order chi connectivity index (χ1) is 11.6. The monoisotopic (exact) mass is 343 g/mol. The van der Waals surface area contributed by atoms with Gasteiger partial charge in [0.25, 0.3) is 5.56 Å². The summed E-state index contributed by atoms with van der Waals surface area (Å²) in [6.45, 7) is 1.59. The average molecular weight is 344 g/mol. The van der Waals surface area contributed by atoms with Gasteiger partial charge in [0.15, 0.2) is 5.82 Å². The summed E-state index contributed by atoms with van der Waals surface area (Å²) in [6.07, 6.45) is 3.30. The number of hydrogen-bond acceptors (Lipinski definition) is 4. The molecule has 1 aromatic carbocycles. The van der Waals surface area contributed by atoms with Crippen molar-refractivity contribution in [3.8, 4) is 5.82 Å². The molecule has 122 valence electrons. The van der Waals surface area contributed by atoms with Crippen LogP contribution in [-0.2, 0) is 4.79 Å². The smallest absolute Gasteiger partial charge is 0.267 e. The van der Waals surface area contributed by atoms with E-state index in [9.17, 15) is 9.59 Å². The van der Waals surface area contributed by atoms with Crippen LogP contribution in [0.3, 0.4) is 0 Å². The van der Waals surface area contributed by atoms with Gasteiger partial charge in [-0.3, -0.25) is 9.59 Å². The minimum atomic E-state index is -0.815. The third-order valence-electron chi connectivity index (χ3n) is 3.43. The molecule has 1 atom stereocenters. The number of amides is 1. The minimum absolute atomic E-state index is 0.382. The lowest BCUT2D eigenvalue weighted by Crippen LogP contribution is -2.33. The second kappa shape index (κ2) is 6.67. The first kappa shape index (κ1) is 15.9. The van der Waals surface area contributed by atoms with E-state index in [2.05, 4.69) is 15.5 Å². The standard InChI is InChI=1S/C16H14ClN5O2/c1-11(16(24)19-13-6-3-2-5-12(13)17)22-15(23)8-7-14(20-22)21-10-4-9-18-21/h2-11H,1H3,(H,19,24). The number of nitrogens with zero attached hydrogens (tertiary/aromatic N) is 4. The molecule has 0 fully saturated rings. The maximum Gasteiger partial charge on any atom is 0.267 e. The fourth-order valence-electron chi connectivity index (χ4n) is 2.13. The normalized spacial score (nSPS) is 11.9. The van der Waals surface area contributed by atoms with Gasteiger partial charge in [-0.1, -0.05) is 23.7 Å². The molecule has 8 heteroatoms. The second-order valence-electron chi connectivity index (χ2n) is 5.07. The van der Waals surface area contributed by atoms with E-state index in [0.717, 1.165) is 4.68 Å². The van der Waals surface area contributed by atoms with Crippen LogP contribution >= 0.6 is 11.6 Å². The maximum absolute atomic E-state index is 12.4. The van der Waals surface area contributed by atoms with Crippen LogP contribution in [0.2, 0.25) is 5.02 Å². The summed E-state index contributed by atoms with van der Waals surface area (Å²) >= 11 is 6.03. The summed E-state index contributed by atoms with van der Waals surface area (Å²) in [5, 5.41) is 11.4. The zero-order valence-corrected chi connectivity index (χ0v) is 13.5. The van der Waals surface area contributed by atoms with Gasteiger partial charge in [-0.15, -0.1) is 5.10 Å². The molecule has 0 saturated carbocycles.